The van der Waals surface area contributed by atoms with Crippen LogP contribution in [-0.2, 0) is 9.84 Å². The lowest BCUT2D eigenvalue weighted by molar-refractivity contribution is 0.564. The highest BCUT2D eigenvalue weighted by atomic mass is 32.2. The van der Waals surface area contributed by atoms with E-state index in [-0.39, 0.29) is 0 Å². The van der Waals surface area contributed by atoms with E-state index in [1.165, 1.54) is 6.26 Å². The van der Waals surface area contributed by atoms with Crippen molar-refractivity contribution >= 4 is 9.84 Å². The highest BCUT2D eigenvalue weighted by molar-refractivity contribution is 7.94. The molecule has 0 N–H and O–H groups in total. The summed E-state index contributed by atoms with van der Waals surface area (Å²) >= 11 is 0. The van der Waals surface area contributed by atoms with Crippen molar-refractivity contribution in [2.75, 3.05) is 6.26 Å². The number of rotatable bonds is 1. The first-order valence-corrected chi connectivity index (χ1v) is 5.80. The van der Waals surface area contributed by atoms with Crippen LogP contribution in [0.3, 0.4) is 0 Å². The van der Waals surface area contributed by atoms with Crippen LogP contribution in [0.1, 0.15) is 26.2 Å². The molecule has 1 atom stereocenters. The van der Waals surface area contributed by atoms with Gasteiger partial charge in [0.05, 0.1) is 0 Å². The fourth-order valence-electron chi connectivity index (χ4n) is 1.39. The molecule has 3 heteroatoms. The van der Waals surface area contributed by atoms with E-state index in [0.29, 0.717) is 10.8 Å². The van der Waals surface area contributed by atoms with Crippen molar-refractivity contribution in [3.63, 3.8) is 0 Å². The number of hydrogen-bond donors (Lipinski definition) is 0. The minimum atomic E-state index is -2.90. The molecule has 0 fully saturated rings. The Kier molecular flexibility index (Phi) is 2.37. The SMILES string of the molecule is CC1C=C(S(C)(=O)=O)CCC1. The largest absolute Gasteiger partial charge is 0.224 e. The molecule has 0 saturated heterocycles. The molecule has 1 aliphatic carbocycles. The molecule has 0 aromatic rings. The smallest absolute Gasteiger partial charge is 0.171 e. The molecule has 0 aromatic heterocycles. The predicted octanol–water partition coefficient (Wildman–Crippen LogP) is 1.73. The molecule has 0 aliphatic heterocycles. The van der Waals surface area contributed by atoms with Crippen LogP contribution in [0.2, 0.25) is 0 Å². The molecule has 0 aromatic carbocycles. The first kappa shape index (κ1) is 8.78. The van der Waals surface area contributed by atoms with Crippen LogP contribution in [-0.4, -0.2) is 14.7 Å². The topological polar surface area (TPSA) is 34.1 Å². The monoisotopic (exact) mass is 174 g/mol. The summed E-state index contributed by atoms with van der Waals surface area (Å²) in [6.45, 7) is 2.06. The van der Waals surface area contributed by atoms with Gasteiger partial charge in [0.1, 0.15) is 0 Å². The molecule has 0 amide bonds. The van der Waals surface area contributed by atoms with E-state index in [4.69, 9.17) is 0 Å². The third-order valence-corrected chi connectivity index (χ3v) is 3.32. The van der Waals surface area contributed by atoms with Gasteiger partial charge in [0.15, 0.2) is 9.84 Å². The number of hydrogen-bond acceptors (Lipinski definition) is 2. The zero-order chi connectivity index (χ0) is 8.48. The second-order valence-corrected chi connectivity index (χ2v) is 5.34. The molecule has 11 heavy (non-hydrogen) atoms. The van der Waals surface area contributed by atoms with Crippen molar-refractivity contribution in [3.8, 4) is 0 Å². The number of sulfone groups is 1. The molecule has 64 valence electrons. The normalized spacial score (nSPS) is 26.4. The van der Waals surface area contributed by atoms with Crippen LogP contribution in [0.25, 0.3) is 0 Å². The van der Waals surface area contributed by atoms with Crippen molar-refractivity contribution in [1.82, 2.24) is 0 Å². The molecular formula is C8H14O2S. The Morgan fingerprint density at radius 1 is 1.55 bits per heavy atom. The molecule has 0 bridgehead atoms. The molecule has 0 heterocycles. The van der Waals surface area contributed by atoms with E-state index >= 15 is 0 Å². The van der Waals surface area contributed by atoms with Crippen LogP contribution >= 0.6 is 0 Å². The summed E-state index contributed by atoms with van der Waals surface area (Å²) < 4.78 is 22.1. The lowest BCUT2D eigenvalue weighted by Crippen LogP contribution is -2.08. The second kappa shape index (κ2) is 2.97. The van der Waals surface area contributed by atoms with Gasteiger partial charge in [0, 0.05) is 11.2 Å². The minimum Gasteiger partial charge on any atom is -0.224 e. The third-order valence-electron chi connectivity index (χ3n) is 2.03. The van der Waals surface area contributed by atoms with E-state index in [1.807, 2.05) is 6.08 Å². The first-order chi connectivity index (χ1) is 5.00. The van der Waals surface area contributed by atoms with Gasteiger partial charge in [-0.2, -0.15) is 0 Å². The van der Waals surface area contributed by atoms with E-state index in [1.54, 1.807) is 0 Å². The van der Waals surface area contributed by atoms with E-state index < -0.39 is 9.84 Å². The highest BCUT2D eigenvalue weighted by Crippen LogP contribution is 2.25. The van der Waals surface area contributed by atoms with E-state index in [2.05, 4.69) is 6.92 Å². The maximum Gasteiger partial charge on any atom is 0.171 e. The second-order valence-electron chi connectivity index (χ2n) is 3.27. The summed E-state index contributed by atoms with van der Waals surface area (Å²) in [7, 11) is -2.90. The molecule has 2 nitrogen and oxygen atoms in total. The van der Waals surface area contributed by atoms with Crippen LogP contribution in [0.5, 0.6) is 0 Å². The average molecular weight is 174 g/mol. The van der Waals surface area contributed by atoms with Gasteiger partial charge in [-0.1, -0.05) is 13.0 Å². The Bertz CT molecular complexity index is 262. The van der Waals surface area contributed by atoms with Crippen molar-refractivity contribution in [2.45, 2.75) is 26.2 Å². The quantitative estimate of drug-likeness (QED) is 0.606. The van der Waals surface area contributed by atoms with Gasteiger partial charge in [-0.15, -0.1) is 0 Å². The van der Waals surface area contributed by atoms with Gasteiger partial charge in [0.2, 0.25) is 0 Å². The summed E-state index contributed by atoms with van der Waals surface area (Å²) in [6, 6.07) is 0. The van der Waals surface area contributed by atoms with Gasteiger partial charge in [-0.3, -0.25) is 0 Å². The molecule has 1 aliphatic rings. The maximum absolute atomic E-state index is 11.1. The Morgan fingerprint density at radius 3 is 2.55 bits per heavy atom. The van der Waals surface area contributed by atoms with Crippen LogP contribution in [0.4, 0.5) is 0 Å². The maximum atomic E-state index is 11.1. The summed E-state index contributed by atoms with van der Waals surface area (Å²) in [5, 5.41) is 0. The Hall–Kier alpha value is -0.310. The van der Waals surface area contributed by atoms with Crippen LogP contribution < -0.4 is 0 Å². The molecular weight excluding hydrogens is 160 g/mol. The highest BCUT2D eigenvalue weighted by Gasteiger charge is 2.16. The van der Waals surface area contributed by atoms with Gasteiger partial charge >= 0.3 is 0 Å². The molecule has 0 radical (unpaired) electrons. The van der Waals surface area contributed by atoms with Crippen molar-refractivity contribution < 1.29 is 8.42 Å². The van der Waals surface area contributed by atoms with Gasteiger partial charge < -0.3 is 0 Å². The summed E-state index contributed by atoms with van der Waals surface area (Å²) in [6.07, 6.45) is 6.05. The molecule has 0 spiro atoms. The Morgan fingerprint density at radius 2 is 2.18 bits per heavy atom. The summed E-state index contributed by atoms with van der Waals surface area (Å²) in [4.78, 5) is 0.635. The third kappa shape index (κ3) is 2.33. The minimum absolute atomic E-state index is 0.438. The summed E-state index contributed by atoms with van der Waals surface area (Å²) in [5.41, 5.74) is 0. The Balaban J connectivity index is 2.89. The first-order valence-electron chi connectivity index (χ1n) is 3.91. The van der Waals surface area contributed by atoms with Gasteiger partial charge in [-0.25, -0.2) is 8.42 Å². The van der Waals surface area contributed by atoms with Crippen molar-refractivity contribution in [1.29, 1.82) is 0 Å². The van der Waals surface area contributed by atoms with Crippen molar-refractivity contribution in [3.05, 3.63) is 11.0 Å². The lowest BCUT2D eigenvalue weighted by Gasteiger charge is -2.15. The van der Waals surface area contributed by atoms with Crippen LogP contribution in [0, 0.1) is 5.92 Å². The number of allylic oxidation sites excluding steroid dienone is 2. The summed E-state index contributed by atoms with van der Waals surface area (Å²) in [5.74, 6) is 0.438. The standard InChI is InChI=1S/C8H14O2S/c1-7-4-3-5-8(6-7)11(2,9)10/h6-7H,3-5H2,1-2H3. The fourth-order valence-corrected chi connectivity index (χ4v) is 2.39. The zero-order valence-electron chi connectivity index (χ0n) is 7.00. The molecule has 1 unspecified atom stereocenters. The van der Waals surface area contributed by atoms with E-state index in [0.717, 1.165) is 19.3 Å². The van der Waals surface area contributed by atoms with Crippen LogP contribution in [0.15, 0.2) is 11.0 Å². The van der Waals surface area contributed by atoms with Crippen molar-refractivity contribution in [2.24, 2.45) is 5.92 Å². The van der Waals surface area contributed by atoms with Gasteiger partial charge in [0.25, 0.3) is 0 Å². The molecule has 1 rings (SSSR count). The fraction of sp³-hybridized carbons (Fsp3) is 0.750. The Labute approximate surface area is 68.2 Å². The zero-order valence-corrected chi connectivity index (χ0v) is 7.82. The predicted molar refractivity (Wildman–Crippen MR) is 45.9 cm³/mol. The average Bonchev–Trinajstić information content (AvgIpc) is 1.86. The van der Waals surface area contributed by atoms with E-state index in [9.17, 15) is 8.42 Å². The molecule has 0 saturated carbocycles. The lowest BCUT2D eigenvalue weighted by atomic mass is 9.98. The van der Waals surface area contributed by atoms with Gasteiger partial charge in [-0.05, 0) is 25.2 Å².